The smallest absolute Gasteiger partial charge is 0.270 e. The first-order chi connectivity index (χ1) is 14.1. The number of amides is 1. The third-order valence-corrected chi connectivity index (χ3v) is 4.31. The maximum atomic E-state index is 12.6. The third kappa shape index (κ3) is 4.45. The van der Waals surface area contributed by atoms with E-state index in [1.807, 2.05) is 62.4 Å². The minimum absolute atomic E-state index is 0.213. The fraction of sp³-hybridized carbons (Fsp3) is 0.227. The van der Waals surface area contributed by atoms with E-state index in [1.165, 1.54) is 0 Å². The minimum atomic E-state index is -0.230. The van der Waals surface area contributed by atoms with Gasteiger partial charge in [-0.2, -0.15) is 0 Å². The van der Waals surface area contributed by atoms with E-state index in [1.54, 1.807) is 6.07 Å². The highest BCUT2D eigenvalue weighted by Gasteiger charge is 2.16. The molecule has 4 rings (SSSR count). The van der Waals surface area contributed by atoms with E-state index < -0.39 is 0 Å². The largest absolute Gasteiger partial charge is 0.454 e. The van der Waals surface area contributed by atoms with E-state index in [2.05, 4.69) is 20.6 Å². The van der Waals surface area contributed by atoms with Gasteiger partial charge in [-0.25, -0.2) is 9.97 Å². The van der Waals surface area contributed by atoms with E-state index in [-0.39, 0.29) is 12.7 Å². The maximum Gasteiger partial charge on any atom is 0.270 e. The van der Waals surface area contributed by atoms with Crippen molar-refractivity contribution in [2.45, 2.75) is 13.8 Å². The third-order valence-electron chi connectivity index (χ3n) is 4.31. The Hall–Kier alpha value is -3.61. The van der Waals surface area contributed by atoms with Gasteiger partial charge in [0.1, 0.15) is 11.5 Å². The lowest BCUT2D eigenvalue weighted by Crippen LogP contribution is -2.28. The predicted octanol–water partition coefficient (Wildman–Crippen LogP) is 4.00. The summed E-state index contributed by atoms with van der Waals surface area (Å²) >= 11 is 0. The number of aromatic nitrogens is 2. The van der Waals surface area contributed by atoms with E-state index >= 15 is 0 Å². The molecule has 148 valence electrons. The molecule has 0 radical (unpaired) electrons. The zero-order valence-corrected chi connectivity index (χ0v) is 16.3. The number of nitrogens with zero attached hydrogens (tertiary/aromatic N) is 2. The van der Waals surface area contributed by atoms with Gasteiger partial charge in [0.15, 0.2) is 17.3 Å². The number of hydrogen-bond acceptors (Lipinski definition) is 6. The number of nitrogens with one attached hydrogen (secondary N) is 2. The summed E-state index contributed by atoms with van der Waals surface area (Å²) in [4.78, 5) is 21.7. The highest BCUT2D eigenvalue weighted by molar-refractivity contribution is 5.93. The highest BCUT2D eigenvalue weighted by atomic mass is 16.7. The molecule has 1 amide bonds. The van der Waals surface area contributed by atoms with Crippen LogP contribution in [0.1, 0.15) is 24.3 Å². The zero-order chi connectivity index (χ0) is 20.2. The molecule has 3 aromatic rings. The lowest BCUT2D eigenvalue weighted by atomic mass is 10.2. The molecule has 1 aliphatic rings. The number of carbonyl (C=O) groups excluding carboxylic acids is 1. The summed E-state index contributed by atoms with van der Waals surface area (Å²) in [6.45, 7) is 4.88. The van der Waals surface area contributed by atoms with Crippen molar-refractivity contribution in [3.63, 3.8) is 0 Å². The molecule has 1 aromatic heterocycles. The van der Waals surface area contributed by atoms with Crippen LogP contribution in [-0.2, 0) is 0 Å². The normalized spacial score (nSPS) is 12.1. The Bertz CT molecular complexity index is 1020. The van der Waals surface area contributed by atoms with Crippen LogP contribution >= 0.6 is 0 Å². The van der Waals surface area contributed by atoms with Crippen molar-refractivity contribution in [2.24, 2.45) is 5.92 Å². The molecule has 0 aliphatic carbocycles. The lowest BCUT2D eigenvalue weighted by Gasteiger charge is -2.12. The number of rotatable bonds is 6. The summed E-state index contributed by atoms with van der Waals surface area (Å²) in [7, 11) is 0. The Morgan fingerprint density at radius 1 is 1.03 bits per heavy atom. The van der Waals surface area contributed by atoms with Gasteiger partial charge in [0.2, 0.25) is 6.79 Å². The molecular formula is C22H22N4O3. The molecule has 0 spiro atoms. The van der Waals surface area contributed by atoms with Crippen molar-refractivity contribution < 1.29 is 14.3 Å². The maximum absolute atomic E-state index is 12.6. The van der Waals surface area contributed by atoms with Crippen LogP contribution in [0.3, 0.4) is 0 Å². The molecule has 2 N–H and O–H groups in total. The molecule has 1 aliphatic heterocycles. The van der Waals surface area contributed by atoms with Gasteiger partial charge in [-0.3, -0.25) is 4.79 Å². The molecular weight excluding hydrogens is 368 g/mol. The number of anilines is 2. The first-order valence-electron chi connectivity index (χ1n) is 9.48. The summed E-state index contributed by atoms with van der Waals surface area (Å²) in [6.07, 6.45) is 0. The van der Waals surface area contributed by atoms with Crippen LogP contribution in [0.2, 0.25) is 0 Å². The number of carbonyl (C=O) groups is 1. The van der Waals surface area contributed by atoms with Crippen molar-refractivity contribution in [3.05, 3.63) is 60.3 Å². The van der Waals surface area contributed by atoms with Crippen molar-refractivity contribution in [1.29, 1.82) is 0 Å². The van der Waals surface area contributed by atoms with Crippen molar-refractivity contribution in [1.82, 2.24) is 15.3 Å². The van der Waals surface area contributed by atoms with E-state index in [0.29, 0.717) is 41.3 Å². The molecule has 29 heavy (non-hydrogen) atoms. The average Bonchev–Trinajstić information content (AvgIpc) is 3.20. The zero-order valence-electron chi connectivity index (χ0n) is 16.3. The average molecular weight is 390 g/mol. The number of hydrogen-bond donors (Lipinski definition) is 2. The Morgan fingerprint density at radius 3 is 2.62 bits per heavy atom. The number of fused-ring (bicyclic) bond motifs is 1. The lowest BCUT2D eigenvalue weighted by molar-refractivity contribution is 0.0944. The second-order valence-corrected chi connectivity index (χ2v) is 7.12. The molecule has 0 saturated heterocycles. The van der Waals surface area contributed by atoms with Crippen LogP contribution in [0.25, 0.3) is 11.4 Å². The fourth-order valence-electron chi connectivity index (χ4n) is 2.85. The Morgan fingerprint density at radius 2 is 1.83 bits per heavy atom. The van der Waals surface area contributed by atoms with Crippen LogP contribution in [-0.4, -0.2) is 29.2 Å². The first kappa shape index (κ1) is 18.7. The Balaban J connectivity index is 1.66. The molecule has 2 aromatic carbocycles. The monoisotopic (exact) mass is 390 g/mol. The van der Waals surface area contributed by atoms with Crippen molar-refractivity contribution in [3.8, 4) is 22.9 Å². The molecule has 0 atom stereocenters. The van der Waals surface area contributed by atoms with Gasteiger partial charge in [-0.05, 0) is 18.1 Å². The molecule has 0 saturated carbocycles. The highest BCUT2D eigenvalue weighted by Crippen LogP contribution is 2.35. The van der Waals surface area contributed by atoms with Crippen LogP contribution in [0.5, 0.6) is 11.5 Å². The molecule has 7 heteroatoms. The molecule has 0 fully saturated rings. The number of ether oxygens (including phenoxy) is 2. The van der Waals surface area contributed by atoms with Crippen LogP contribution in [0.4, 0.5) is 11.5 Å². The molecule has 2 heterocycles. The summed E-state index contributed by atoms with van der Waals surface area (Å²) in [6, 6.07) is 16.8. The van der Waals surface area contributed by atoms with E-state index in [9.17, 15) is 4.79 Å². The molecule has 0 bridgehead atoms. The van der Waals surface area contributed by atoms with Gasteiger partial charge < -0.3 is 20.1 Å². The van der Waals surface area contributed by atoms with Gasteiger partial charge in [0.05, 0.1) is 0 Å². The quantitative estimate of drug-likeness (QED) is 0.662. The first-order valence-corrected chi connectivity index (χ1v) is 9.48. The Kier molecular flexibility index (Phi) is 5.29. The summed E-state index contributed by atoms with van der Waals surface area (Å²) in [5.41, 5.74) is 1.92. The Labute approximate surface area is 169 Å². The second-order valence-electron chi connectivity index (χ2n) is 7.12. The van der Waals surface area contributed by atoms with E-state index in [0.717, 1.165) is 11.3 Å². The van der Waals surface area contributed by atoms with Gasteiger partial charge >= 0.3 is 0 Å². The van der Waals surface area contributed by atoms with Crippen LogP contribution in [0, 0.1) is 5.92 Å². The van der Waals surface area contributed by atoms with Crippen molar-refractivity contribution in [2.75, 3.05) is 18.7 Å². The van der Waals surface area contributed by atoms with Gasteiger partial charge in [0, 0.05) is 29.9 Å². The van der Waals surface area contributed by atoms with Crippen LogP contribution in [0.15, 0.2) is 54.6 Å². The van der Waals surface area contributed by atoms with Crippen LogP contribution < -0.4 is 20.1 Å². The topological polar surface area (TPSA) is 85.4 Å². The van der Waals surface area contributed by atoms with E-state index in [4.69, 9.17) is 9.47 Å². The van der Waals surface area contributed by atoms with Crippen molar-refractivity contribution >= 4 is 17.4 Å². The molecule has 0 unspecified atom stereocenters. The van der Waals surface area contributed by atoms with Gasteiger partial charge in [-0.1, -0.05) is 44.2 Å². The summed E-state index contributed by atoms with van der Waals surface area (Å²) < 4.78 is 10.8. The number of benzene rings is 2. The minimum Gasteiger partial charge on any atom is -0.454 e. The summed E-state index contributed by atoms with van der Waals surface area (Å²) in [5.74, 6) is 2.49. The standard InChI is InChI=1S/C22H22N4O3/c1-14(2)12-23-22(27)17-11-20(26-21(25-17)15-6-4-3-5-7-15)24-16-8-9-18-19(10-16)29-13-28-18/h3-11,14H,12-13H2,1-2H3,(H,23,27)(H,24,25,26). The fourth-order valence-corrected chi connectivity index (χ4v) is 2.85. The molecule has 7 nitrogen and oxygen atoms in total. The summed E-state index contributed by atoms with van der Waals surface area (Å²) in [5, 5.41) is 6.15. The predicted molar refractivity (Wildman–Crippen MR) is 110 cm³/mol. The second kappa shape index (κ2) is 8.18. The van der Waals surface area contributed by atoms with Gasteiger partial charge in [0.25, 0.3) is 5.91 Å². The van der Waals surface area contributed by atoms with Gasteiger partial charge in [-0.15, -0.1) is 0 Å². The SMILES string of the molecule is CC(C)CNC(=O)c1cc(Nc2ccc3c(c2)OCO3)nc(-c2ccccc2)n1.